The highest BCUT2D eigenvalue weighted by atomic mass is 19.1. The summed E-state index contributed by atoms with van der Waals surface area (Å²) in [5, 5.41) is 8.78. The van der Waals surface area contributed by atoms with Gasteiger partial charge in [-0.3, -0.25) is 19.2 Å². The van der Waals surface area contributed by atoms with E-state index < -0.39 is 29.3 Å². The molecule has 2 aliphatic heterocycles. The van der Waals surface area contributed by atoms with Crippen LogP contribution in [0.3, 0.4) is 0 Å². The van der Waals surface area contributed by atoms with E-state index in [4.69, 9.17) is 4.74 Å². The Morgan fingerprint density at radius 2 is 1.79 bits per heavy atom. The number of hydrogen-bond donors (Lipinski definition) is 3. The highest BCUT2D eigenvalue weighted by molar-refractivity contribution is 6.00. The van der Waals surface area contributed by atoms with E-state index in [1.54, 1.807) is 41.3 Å². The number of benzene rings is 2. The van der Waals surface area contributed by atoms with E-state index in [9.17, 15) is 23.6 Å². The zero-order chi connectivity index (χ0) is 30.4. The zero-order valence-corrected chi connectivity index (χ0v) is 24.7. The molecule has 4 rings (SSSR count). The fourth-order valence-corrected chi connectivity index (χ4v) is 5.33. The van der Waals surface area contributed by atoms with Crippen molar-refractivity contribution in [2.45, 2.75) is 76.9 Å². The highest BCUT2D eigenvalue weighted by Crippen LogP contribution is 2.24. The molecule has 2 aliphatic rings. The van der Waals surface area contributed by atoms with Gasteiger partial charge in [-0.2, -0.15) is 0 Å². The summed E-state index contributed by atoms with van der Waals surface area (Å²) in [6.45, 7) is 8.61. The number of hydrogen-bond acceptors (Lipinski definition) is 5. The third-order valence-corrected chi connectivity index (χ3v) is 8.16. The van der Waals surface area contributed by atoms with Crippen molar-refractivity contribution in [3.8, 4) is 5.75 Å². The molecule has 4 amide bonds. The lowest BCUT2D eigenvalue weighted by Gasteiger charge is -2.29. The van der Waals surface area contributed by atoms with Gasteiger partial charge in [0.25, 0.3) is 5.91 Å². The molecule has 2 heterocycles. The third kappa shape index (κ3) is 7.46. The molecule has 10 heteroatoms. The van der Waals surface area contributed by atoms with E-state index in [1.165, 1.54) is 12.1 Å². The summed E-state index contributed by atoms with van der Waals surface area (Å²) in [4.78, 5) is 55.1. The van der Waals surface area contributed by atoms with Crippen molar-refractivity contribution in [2.24, 2.45) is 5.92 Å². The number of nitrogens with zero attached hydrogens (tertiary/aromatic N) is 1. The number of carbonyl (C=O) groups excluding carboxylic acids is 4. The lowest BCUT2D eigenvalue weighted by molar-refractivity contribution is -0.139. The number of para-hydroxylation sites is 1. The SMILES string of the molecule is CC(C)[C@H]1COc2ccccc2C(=O)N[C@H](C(=O)NCC(C)(C)c2ccc(F)cc2)CCC(=O)N2CCC[C@@H]2C(=O)N1. The van der Waals surface area contributed by atoms with Crippen LogP contribution in [0.15, 0.2) is 48.5 Å². The number of halogens is 1. The Hall–Kier alpha value is -3.95. The molecule has 0 saturated carbocycles. The van der Waals surface area contributed by atoms with Crippen molar-refractivity contribution >= 4 is 23.6 Å². The largest absolute Gasteiger partial charge is 0.491 e. The van der Waals surface area contributed by atoms with Gasteiger partial charge in [0, 0.05) is 24.9 Å². The summed E-state index contributed by atoms with van der Waals surface area (Å²) in [5.74, 6) is -1.37. The van der Waals surface area contributed by atoms with Crippen molar-refractivity contribution in [2.75, 3.05) is 19.7 Å². The van der Waals surface area contributed by atoms with Crippen molar-refractivity contribution < 1.29 is 28.3 Å². The molecule has 1 fully saturated rings. The predicted octanol–water partition coefficient (Wildman–Crippen LogP) is 3.32. The van der Waals surface area contributed by atoms with Crippen LogP contribution in [0.4, 0.5) is 4.39 Å². The standard InChI is InChI=1S/C32H41FN4O5/c1-20(2)25-18-42-27-10-6-5-8-23(27)29(39)35-24(15-16-28(38)37-17-7-9-26(37)31(41)36-25)30(40)34-19-32(3,4)21-11-13-22(33)14-12-21/h5-6,8,10-14,20,24-26H,7,9,15-19H2,1-4H3,(H,34,40)(H,35,39)(H,36,41)/t24-,25+,26+/m0/s1. The molecule has 226 valence electrons. The van der Waals surface area contributed by atoms with Gasteiger partial charge in [-0.15, -0.1) is 0 Å². The Morgan fingerprint density at radius 3 is 2.50 bits per heavy atom. The predicted molar refractivity (Wildman–Crippen MR) is 156 cm³/mol. The molecule has 0 unspecified atom stereocenters. The van der Waals surface area contributed by atoms with E-state index in [1.807, 2.05) is 27.7 Å². The van der Waals surface area contributed by atoms with Gasteiger partial charge in [0.05, 0.1) is 11.6 Å². The number of nitrogens with one attached hydrogen (secondary N) is 3. The number of amides is 4. The van der Waals surface area contributed by atoms with Crippen LogP contribution in [0.1, 0.15) is 69.3 Å². The van der Waals surface area contributed by atoms with Gasteiger partial charge < -0.3 is 25.6 Å². The molecule has 0 aliphatic carbocycles. The first-order valence-corrected chi connectivity index (χ1v) is 14.6. The average Bonchev–Trinajstić information content (AvgIpc) is 3.46. The number of fused-ring (bicyclic) bond motifs is 2. The second-order valence-electron chi connectivity index (χ2n) is 12.1. The van der Waals surface area contributed by atoms with E-state index in [2.05, 4.69) is 16.0 Å². The van der Waals surface area contributed by atoms with Crippen LogP contribution < -0.4 is 20.7 Å². The molecule has 0 radical (unpaired) electrons. The second-order valence-corrected chi connectivity index (χ2v) is 12.1. The van der Waals surface area contributed by atoms with Gasteiger partial charge in [0.2, 0.25) is 17.7 Å². The van der Waals surface area contributed by atoms with Crippen molar-refractivity contribution in [3.63, 3.8) is 0 Å². The first kappa shape index (κ1) is 31.0. The van der Waals surface area contributed by atoms with Crippen LogP contribution in [-0.4, -0.2) is 66.4 Å². The molecule has 3 atom stereocenters. The molecule has 0 spiro atoms. The topological polar surface area (TPSA) is 117 Å². The van der Waals surface area contributed by atoms with E-state index in [-0.39, 0.29) is 61.1 Å². The summed E-state index contributed by atoms with van der Waals surface area (Å²) in [7, 11) is 0. The van der Waals surface area contributed by atoms with Crippen molar-refractivity contribution in [3.05, 3.63) is 65.5 Å². The summed E-state index contributed by atoms with van der Waals surface area (Å²) < 4.78 is 19.5. The van der Waals surface area contributed by atoms with E-state index in [0.29, 0.717) is 25.1 Å². The summed E-state index contributed by atoms with van der Waals surface area (Å²) >= 11 is 0. The molecular formula is C32H41FN4O5. The fourth-order valence-electron chi connectivity index (χ4n) is 5.33. The van der Waals surface area contributed by atoms with Crippen LogP contribution >= 0.6 is 0 Å². The summed E-state index contributed by atoms with van der Waals surface area (Å²) in [5.41, 5.74) is 0.569. The Balaban J connectivity index is 1.58. The van der Waals surface area contributed by atoms with E-state index in [0.717, 1.165) is 5.56 Å². The van der Waals surface area contributed by atoms with Crippen LogP contribution in [0.2, 0.25) is 0 Å². The van der Waals surface area contributed by atoms with Gasteiger partial charge in [-0.25, -0.2) is 4.39 Å². The highest BCUT2D eigenvalue weighted by Gasteiger charge is 2.36. The molecule has 42 heavy (non-hydrogen) atoms. The first-order chi connectivity index (χ1) is 20.0. The molecule has 9 nitrogen and oxygen atoms in total. The fraction of sp³-hybridized carbons (Fsp3) is 0.500. The number of rotatable bonds is 5. The van der Waals surface area contributed by atoms with Gasteiger partial charge in [-0.05, 0) is 55.0 Å². The van der Waals surface area contributed by atoms with Crippen LogP contribution in [0.5, 0.6) is 5.75 Å². The molecule has 0 bridgehead atoms. The van der Waals surface area contributed by atoms with Crippen molar-refractivity contribution in [1.29, 1.82) is 0 Å². The normalized spacial score (nSPS) is 22.2. The lowest BCUT2D eigenvalue weighted by atomic mass is 9.84. The first-order valence-electron chi connectivity index (χ1n) is 14.6. The summed E-state index contributed by atoms with van der Waals surface area (Å²) in [6.07, 6.45) is 1.30. The molecular weight excluding hydrogens is 539 g/mol. The quantitative estimate of drug-likeness (QED) is 0.502. The smallest absolute Gasteiger partial charge is 0.255 e. The average molecular weight is 581 g/mol. The molecule has 0 aromatic heterocycles. The monoisotopic (exact) mass is 580 g/mol. The molecule has 3 N–H and O–H groups in total. The van der Waals surface area contributed by atoms with Crippen LogP contribution in [-0.2, 0) is 19.8 Å². The third-order valence-electron chi connectivity index (χ3n) is 8.16. The Kier molecular flexibility index (Phi) is 9.85. The molecule has 2 aromatic carbocycles. The Bertz CT molecular complexity index is 1300. The van der Waals surface area contributed by atoms with Crippen LogP contribution in [0.25, 0.3) is 0 Å². The van der Waals surface area contributed by atoms with E-state index >= 15 is 0 Å². The van der Waals surface area contributed by atoms with Crippen molar-refractivity contribution in [1.82, 2.24) is 20.9 Å². The van der Waals surface area contributed by atoms with Gasteiger partial charge in [-0.1, -0.05) is 52.0 Å². The maximum atomic E-state index is 13.5. The summed E-state index contributed by atoms with van der Waals surface area (Å²) in [6, 6.07) is 10.9. The maximum absolute atomic E-state index is 13.5. The minimum absolute atomic E-state index is 0.0186. The Morgan fingerprint density at radius 1 is 1.07 bits per heavy atom. The Labute approximate surface area is 246 Å². The second kappa shape index (κ2) is 13.4. The molecule has 2 aromatic rings. The van der Waals surface area contributed by atoms with Gasteiger partial charge in [0.1, 0.15) is 30.3 Å². The maximum Gasteiger partial charge on any atom is 0.255 e. The minimum Gasteiger partial charge on any atom is -0.491 e. The van der Waals surface area contributed by atoms with Gasteiger partial charge in [0.15, 0.2) is 0 Å². The van der Waals surface area contributed by atoms with Gasteiger partial charge >= 0.3 is 0 Å². The number of carbonyl (C=O) groups is 4. The van der Waals surface area contributed by atoms with Crippen LogP contribution in [0, 0.1) is 11.7 Å². The number of ether oxygens (including phenoxy) is 1. The lowest BCUT2D eigenvalue weighted by Crippen LogP contribution is -2.52. The molecule has 1 saturated heterocycles. The zero-order valence-electron chi connectivity index (χ0n) is 24.7. The minimum atomic E-state index is -1.01.